The number of carbonyl (C=O) groups is 2. The molecule has 3 rings (SSSR count). The van der Waals surface area contributed by atoms with Gasteiger partial charge in [0.15, 0.2) is 0 Å². The highest BCUT2D eigenvalue weighted by molar-refractivity contribution is 8.00. The van der Waals surface area contributed by atoms with Crippen molar-refractivity contribution in [3.05, 3.63) is 35.5 Å². The van der Waals surface area contributed by atoms with Gasteiger partial charge in [0.1, 0.15) is 17.1 Å². The summed E-state index contributed by atoms with van der Waals surface area (Å²) < 4.78 is 27.1. The van der Waals surface area contributed by atoms with Crippen LogP contribution >= 0.6 is 11.8 Å². The molecule has 1 aromatic carbocycles. The maximum absolute atomic E-state index is 12.4. The summed E-state index contributed by atoms with van der Waals surface area (Å²) in [5.41, 5.74) is 6.48. The highest BCUT2D eigenvalue weighted by atomic mass is 32.2. The Morgan fingerprint density at radius 3 is 2.58 bits per heavy atom. The number of hydrogen-bond acceptors (Lipinski definition) is 6. The molecule has 0 radical (unpaired) electrons. The van der Waals surface area contributed by atoms with Crippen molar-refractivity contribution in [2.45, 2.75) is 23.2 Å². The number of nitrogen functional groups attached to an aromatic ring is 1. The second-order valence-electron chi connectivity index (χ2n) is 5.51. The fourth-order valence-electron chi connectivity index (χ4n) is 2.63. The normalized spacial score (nSPS) is 23.7. The summed E-state index contributed by atoms with van der Waals surface area (Å²) in [5, 5.41) is 8.70. The summed E-state index contributed by atoms with van der Waals surface area (Å²) in [6.07, 6.45) is 0. The van der Waals surface area contributed by atoms with Crippen LogP contribution in [0.4, 0.5) is 5.69 Å². The Bertz CT molecular complexity index is 848. The molecule has 10 heteroatoms. The number of amides is 1. The molecule has 2 aliphatic heterocycles. The topological polar surface area (TPSA) is 130 Å². The van der Waals surface area contributed by atoms with E-state index in [2.05, 4.69) is 4.72 Å². The van der Waals surface area contributed by atoms with Gasteiger partial charge in [-0.3, -0.25) is 9.69 Å². The number of benzene rings is 1. The lowest BCUT2D eigenvalue weighted by Crippen LogP contribution is -2.70. The molecule has 0 saturated carbocycles. The Morgan fingerprint density at radius 1 is 1.38 bits per heavy atom. The van der Waals surface area contributed by atoms with Gasteiger partial charge in [-0.2, -0.15) is 4.72 Å². The molecule has 0 aliphatic carbocycles. The molecule has 0 bridgehead atoms. The van der Waals surface area contributed by atoms with Gasteiger partial charge in [0.2, 0.25) is 15.9 Å². The van der Waals surface area contributed by atoms with Crippen LogP contribution in [0.1, 0.15) is 6.92 Å². The molecule has 1 aromatic rings. The van der Waals surface area contributed by atoms with Gasteiger partial charge in [0, 0.05) is 11.4 Å². The van der Waals surface area contributed by atoms with Crippen LogP contribution in [0.3, 0.4) is 0 Å². The van der Waals surface area contributed by atoms with Crippen molar-refractivity contribution in [1.82, 2.24) is 9.62 Å². The zero-order chi connectivity index (χ0) is 17.6. The Balaban J connectivity index is 1.83. The number of aliphatic carboxylic acids is 1. The van der Waals surface area contributed by atoms with E-state index >= 15 is 0 Å². The quantitative estimate of drug-likeness (QED) is 0.510. The number of carboxylic acids is 1. The van der Waals surface area contributed by atoms with Crippen LogP contribution in [0.2, 0.25) is 0 Å². The first-order chi connectivity index (χ1) is 11.2. The standard InChI is InChI=1S/C14H15N3O5S2/c1-7-6-23-13-10(12(18)17(13)11(7)14(19)20)16-24(21,22)9-4-2-8(15)3-5-9/h2-5,10,13,16H,6,15H2,1H3,(H,19,20). The third kappa shape index (κ3) is 2.66. The SMILES string of the molecule is CC1=C(C(=O)O)N2C(=O)C(NS(=O)(=O)c3ccc(N)cc3)C2SC1. The van der Waals surface area contributed by atoms with Gasteiger partial charge in [-0.25, -0.2) is 13.2 Å². The number of carbonyl (C=O) groups excluding carboxylic acids is 1. The van der Waals surface area contributed by atoms with E-state index in [0.717, 1.165) is 4.90 Å². The minimum absolute atomic E-state index is 0.00561. The number of anilines is 1. The third-order valence-electron chi connectivity index (χ3n) is 3.83. The lowest BCUT2D eigenvalue weighted by atomic mass is 10.0. The molecule has 0 spiro atoms. The van der Waals surface area contributed by atoms with Crippen LogP contribution in [0.5, 0.6) is 0 Å². The van der Waals surface area contributed by atoms with Crippen molar-refractivity contribution >= 4 is 39.3 Å². The lowest BCUT2D eigenvalue weighted by Gasteiger charge is -2.49. The number of sulfonamides is 1. The van der Waals surface area contributed by atoms with Crippen molar-refractivity contribution in [2.75, 3.05) is 11.5 Å². The third-order valence-corrected chi connectivity index (χ3v) is 6.72. The van der Waals surface area contributed by atoms with Crippen molar-refractivity contribution in [1.29, 1.82) is 0 Å². The summed E-state index contributed by atoms with van der Waals surface area (Å²) in [7, 11) is -3.90. The molecule has 1 amide bonds. The lowest BCUT2D eigenvalue weighted by molar-refractivity contribution is -0.148. The van der Waals surface area contributed by atoms with E-state index in [4.69, 9.17) is 5.73 Å². The zero-order valence-electron chi connectivity index (χ0n) is 12.6. The van der Waals surface area contributed by atoms with Crippen LogP contribution in [0, 0.1) is 0 Å². The van der Waals surface area contributed by atoms with E-state index in [1.54, 1.807) is 6.92 Å². The van der Waals surface area contributed by atoms with Gasteiger partial charge in [-0.15, -0.1) is 11.8 Å². The van der Waals surface area contributed by atoms with Gasteiger partial charge in [-0.1, -0.05) is 0 Å². The number of β-lactam (4-membered cyclic amide) rings is 1. The first kappa shape index (κ1) is 16.8. The summed E-state index contributed by atoms with van der Waals surface area (Å²) in [4.78, 5) is 24.8. The monoisotopic (exact) mass is 369 g/mol. The van der Waals surface area contributed by atoms with Gasteiger partial charge < -0.3 is 10.8 Å². The van der Waals surface area contributed by atoms with E-state index in [1.807, 2.05) is 0 Å². The number of nitrogens with one attached hydrogen (secondary N) is 1. The van der Waals surface area contributed by atoms with Crippen LogP contribution in [-0.4, -0.2) is 47.5 Å². The highest BCUT2D eigenvalue weighted by Gasteiger charge is 2.54. The molecule has 2 heterocycles. The van der Waals surface area contributed by atoms with E-state index in [0.29, 0.717) is 17.0 Å². The van der Waals surface area contributed by atoms with Gasteiger partial charge >= 0.3 is 5.97 Å². The zero-order valence-corrected chi connectivity index (χ0v) is 14.2. The minimum Gasteiger partial charge on any atom is -0.477 e. The van der Waals surface area contributed by atoms with Crippen molar-refractivity contribution in [2.24, 2.45) is 0 Å². The molecular formula is C14H15N3O5S2. The van der Waals surface area contributed by atoms with E-state index < -0.39 is 33.3 Å². The number of fused-ring (bicyclic) bond motifs is 1. The molecule has 0 aromatic heterocycles. The van der Waals surface area contributed by atoms with Gasteiger partial charge in [0.05, 0.1) is 4.90 Å². The number of hydrogen-bond donors (Lipinski definition) is 3. The Morgan fingerprint density at radius 2 is 2.00 bits per heavy atom. The number of nitrogens with zero attached hydrogens (tertiary/aromatic N) is 1. The molecule has 1 fully saturated rings. The van der Waals surface area contributed by atoms with Crippen LogP contribution in [0.15, 0.2) is 40.4 Å². The molecular weight excluding hydrogens is 354 g/mol. The van der Waals surface area contributed by atoms with Crippen LogP contribution in [0.25, 0.3) is 0 Å². The van der Waals surface area contributed by atoms with E-state index in [1.165, 1.54) is 36.0 Å². The number of nitrogens with two attached hydrogens (primary N) is 1. The maximum atomic E-state index is 12.4. The van der Waals surface area contributed by atoms with E-state index in [-0.39, 0.29) is 10.6 Å². The minimum atomic E-state index is -3.90. The average molecular weight is 369 g/mol. The molecule has 1 saturated heterocycles. The van der Waals surface area contributed by atoms with Crippen molar-refractivity contribution < 1.29 is 23.1 Å². The Kier molecular flexibility index (Phi) is 4.06. The largest absolute Gasteiger partial charge is 0.477 e. The maximum Gasteiger partial charge on any atom is 0.352 e. The van der Waals surface area contributed by atoms with E-state index in [9.17, 15) is 23.1 Å². The fraction of sp³-hybridized carbons (Fsp3) is 0.286. The molecule has 2 aliphatic rings. The number of thioether (sulfide) groups is 1. The second-order valence-corrected chi connectivity index (χ2v) is 8.33. The fourth-order valence-corrected chi connectivity index (χ4v) is 5.21. The molecule has 2 unspecified atom stereocenters. The number of carboxylic acid groups (broad SMARTS) is 1. The Labute approximate surface area is 142 Å². The predicted molar refractivity (Wildman–Crippen MR) is 88.4 cm³/mol. The first-order valence-electron chi connectivity index (χ1n) is 6.98. The molecule has 2 atom stereocenters. The molecule has 24 heavy (non-hydrogen) atoms. The summed E-state index contributed by atoms with van der Waals surface area (Å²) in [5.74, 6) is -1.33. The molecule has 128 valence electrons. The van der Waals surface area contributed by atoms with Crippen molar-refractivity contribution in [3.63, 3.8) is 0 Å². The predicted octanol–water partition coefficient (Wildman–Crippen LogP) is 0.189. The van der Waals surface area contributed by atoms with Crippen LogP contribution in [-0.2, 0) is 19.6 Å². The second kappa shape index (κ2) is 5.80. The van der Waals surface area contributed by atoms with Gasteiger partial charge in [-0.05, 0) is 36.8 Å². The highest BCUT2D eigenvalue weighted by Crippen LogP contribution is 2.40. The Hall–Kier alpha value is -2.04. The number of rotatable bonds is 4. The van der Waals surface area contributed by atoms with Gasteiger partial charge in [0.25, 0.3) is 0 Å². The van der Waals surface area contributed by atoms with Crippen LogP contribution < -0.4 is 10.5 Å². The summed E-state index contributed by atoms with van der Waals surface area (Å²) in [6.45, 7) is 1.64. The summed E-state index contributed by atoms with van der Waals surface area (Å²) >= 11 is 1.33. The summed E-state index contributed by atoms with van der Waals surface area (Å²) in [6, 6.07) is 4.61. The first-order valence-corrected chi connectivity index (χ1v) is 9.51. The molecule has 8 nitrogen and oxygen atoms in total. The molecule has 4 N–H and O–H groups in total. The smallest absolute Gasteiger partial charge is 0.352 e. The average Bonchev–Trinajstić information content (AvgIpc) is 2.52. The van der Waals surface area contributed by atoms with Crippen molar-refractivity contribution in [3.8, 4) is 0 Å².